The largest absolute Gasteiger partial charge is 0.396 e. The number of halogens is 2. The van der Waals surface area contributed by atoms with Gasteiger partial charge in [-0.25, -0.2) is 13.6 Å². The van der Waals surface area contributed by atoms with E-state index in [-0.39, 0.29) is 18.2 Å². The van der Waals surface area contributed by atoms with Crippen molar-refractivity contribution in [2.24, 2.45) is 5.92 Å². The number of benzene rings is 1. The summed E-state index contributed by atoms with van der Waals surface area (Å²) in [5.74, 6) is -1.30. The van der Waals surface area contributed by atoms with Crippen molar-refractivity contribution in [2.45, 2.75) is 26.2 Å². The lowest BCUT2D eigenvalue weighted by Gasteiger charge is -2.16. The van der Waals surface area contributed by atoms with E-state index >= 15 is 0 Å². The minimum Gasteiger partial charge on any atom is -0.396 e. The van der Waals surface area contributed by atoms with E-state index in [4.69, 9.17) is 5.11 Å². The number of amides is 2. The van der Waals surface area contributed by atoms with E-state index in [1.165, 1.54) is 0 Å². The summed E-state index contributed by atoms with van der Waals surface area (Å²) < 4.78 is 25.9. The number of aliphatic hydroxyl groups is 1. The van der Waals surface area contributed by atoms with Crippen LogP contribution in [-0.4, -0.2) is 24.3 Å². The fraction of sp³-hybridized carbons (Fsp3) is 0.500. The molecule has 1 atom stereocenters. The normalized spacial score (nSPS) is 12.0. The molecule has 1 unspecified atom stereocenters. The minimum absolute atomic E-state index is 0.0641. The van der Waals surface area contributed by atoms with Gasteiger partial charge in [0.1, 0.15) is 11.6 Å². The van der Waals surface area contributed by atoms with Crippen molar-refractivity contribution in [2.75, 3.05) is 18.5 Å². The monoisotopic (exact) mass is 286 g/mol. The zero-order valence-corrected chi connectivity index (χ0v) is 11.5. The van der Waals surface area contributed by atoms with Gasteiger partial charge in [-0.3, -0.25) is 0 Å². The van der Waals surface area contributed by atoms with E-state index in [9.17, 15) is 13.6 Å². The number of rotatable bonds is 7. The van der Waals surface area contributed by atoms with Crippen molar-refractivity contribution in [3.63, 3.8) is 0 Å². The molecule has 0 aliphatic carbocycles. The molecule has 0 saturated heterocycles. The van der Waals surface area contributed by atoms with Crippen LogP contribution in [0.3, 0.4) is 0 Å². The predicted octanol–water partition coefficient (Wildman–Crippen LogP) is 2.89. The van der Waals surface area contributed by atoms with E-state index in [2.05, 4.69) is 10.6 Å². The quantitative estimate of drug-likeness (QED) is 0.721. The van der Waals surface area contributed by atoms with Crippen molar-refractivity contribution in [1.29, 1.82) is 0 Å². The number of urea groups is 1. The van der Waals surface area contributed by atoms with Gasteiger partial charge in [-0.2, -0.15) is 0 Å². The Kier molecular flexibility index (Phi) is 6.93. The molecule has 0 spiro atoms. The summed E-state index contributed by atoms with van der Waals surface area (Å²) in [5.41, 5.74) is 0.0641. The number of hydrogen-bond donors (Lipinski definition) is 3. The van der Waals surface area contributed by atoms with Crippen LogP contribution >= 0.6 is 0 Å². The summed E-state index contributed by atoms with van der Waals surface area (Å²) in [6, 6.07) is 2.30. The first-order valence-electron chi connectivity index (χ1n) is 6.67. The molecule has 1 aromatic carbocycles. The first kappa shape index (κ1) is 16.4. The standard InChI is InChI=1S/C14H20F2N2O2/c1-2-3-10(4-5-19)9-17-14(20)18-13-7-11(15)6-12(16)8-13/h6-8,10,19H,2-5,9H2,1H3,(H2,17,18,20). The predicted molar refractivity (Wildman–Crippen MR) is 73.5 cm³/mol. The van der Waals surface area contributed by atoms with Crippen LogP contribution in [0.25, 0.3) is 0 Å². The lowest BCUT2D eigenvalue weighted by Crippen LogP contribution is -2.33. The lowest BCUT2D eigenvalue weighted by molar-refractivity contribution is 0.236. The first-order valence-corrected chi connectivity index (χ1v) is 6.67. The fourth-order valence-electron chi connectivity index (χ4n) is 1.98. The maximum absolute atomic E-state index is 13.0. The molecule has 4 nitrogen and oxygen atoms in total. The molecular weight excluding hydrogens is 266 g/mol. The average molecular weight is 286 g/mol. The Morgan fingerprint density at radius 2 is 1.90 bits per heavy atom. The highest BCUT2D eigenvalue weighted by molar-refractivity contribution is 5.89. The maximum atomic E-state index is 13.0. The Hall–Kier alpha value is -1.69. The number of aliphatic hydroxyl groups excluding tert-OH is 1. The van der Waals surface area contributed by atoms with Gasteiger partial charge in [0.05, 0.1) is 0 Å². The molecule has 20 heavy (non-hydrogen) atoms. The molecule has 0 aromatic heterocycles. The number of carbonyl (C=O) groups excluding carboxylic acids is 1. The second-order valence-corrected chi connectivity index (χ2v) is 4.66. The minimum atomic E-state index is -0.746. The summed E-state index contributed by atoms with van der Waals surface area (Å²) in [7, 11) is 0. The van der Waals surface area contributed by atoms with Crippen LogP contribution in [0.1, 0.15) is 26.2 Å². The molecule has 2 amide bonds. The summed E-state index contributed by atoms with van der Waals surface area (Å²) in [4.78, 5) is 11.6. The molecule has 1 rings (SSSR count). The number of hydrogen-bond acceptors (Lipinski definition) is 2. The van der Waals surface area contributed by atoms with Gasteiger partial charge in [0, 0.05) is 24.9 Å². The van der Waals surface area contributed by atoms with Crippen LogP contribution < -0.4 is 10.6 Å². The molecule has 0 aliphatic heterocycles. The maximum Gasteiger partial charge on any atom is 0.319 e. The summed E-state index contributed by atoms with van der Waals surface area (Å²) in [6.45, 7) is 2.51. The molecule has 0 radical (unpaired) electrons. The smallest absolute Gasteiger partial charge is 0.319 e. The van der Waals surface area contributed by atoms with Gasteiger partial charge in [0.25, 0.3) is 0 Å². The van der Waals surface area contributed by atoms with Gasteiger partial charge < -0.3 is 15.7 Å². The Labute approximate surface area is 117 Å². The van der Waals surface area contributed by atoms with Crippen molar-refractivity contribution >= 4 is 11.7 Å². The molecule has 6 heteroatoms. The zero-order chi connectivity index (χ0) is 15.0. The summed E-state index contributed by atoms with van der Waals surface area (Å²) in [5, 5.41) is 13.9. The van der Waals surface area contributed by atoms with E-state index in [0.717, 1.165) is 31.0 Å². The van der Waals surface area contributed by atoms with Gasteiger partial charge in [0.2, 0.25) is 0 Å². The van der Waals surface area contributed by atoms with Crippen molar-refractivity contribution in [3.05, 3.63) is 29.8 Å². The third-order valence-corrected chi connectivity index (χ3v) is 2.91. The molecular formula is C14H20F2N2O2. The molecule has 0 aliphatic rings. The Morgan fingerprint density at radius 1 is 1.25 bits per heavy atom. The fourth-order valence-corrected chi connectivity index (χ4v) is 1.98. The first-order chi connectivity index (χ1) is 9.55. The van der Waals surface area contributed by atoms with Crippen LogP contribution in [0.4, 0.5) is 19.3 Å². The zero-order valence-electron chi connectivity index (χ0n) is 11.5. The number of anilines is 1. The Morgan fingerprint density at radius 3 is 2.45 bits per heavy atom. The topological polar surface area (TPSA) is 61.4 Å². The molecule has 112 valence electrons. The molecule has 1 aromatic rings. The van der Waals surface area contributed by atoms with Gasteiger partial charge >= 0.3 is 6.03 Å². The van der Waals surface area contributed by atoms with E-state index < -0.39 is 17.7 Å². The van der Waals surface area contributed by atoms with Crippen LogP contribution in [0.2, 0.25) is 0 Å². The third kappa shape index (κ3) is 5.97. The van der Waals surface area contributed by atoms with Gasteiger partial charge in [0.15, 0.2) is 0 Å². The van der Waals surface area contributed by atoms with Crippen molar-refractivity contribution < 1.29 is 18.7 Å². The van der Waals surface area contributed by atoms with Gasteiger partial charge in [-0.1, -0.05) is 13.3 Å². The highest BCUT2D eigenvalue weighted by Crippen LogP contribution is 2.13. The Balaban J connectivity index is 2.46. The van der Waals surface area contributed by atoms with Gasteiger partial charge in [-0.05, 0) is 30.9 Å². The van der Waals surface area contributed by atoms with Gasteiger partial charge in [-0.15, -0.1) is 0 Å². The van der Waals surface area contributed by atoms with E-state index in [0.29, 0.717) is 13.0 Å². The molecule has 3 N–H and O–H groups in total. The number of nitrogens with one attached hydrogen (secondary N) is 2. The van der Waals surface area contributed by atoms with E-state index in [1.54, 1.807) is 0 Å². The third-order valence-electron chi connectivity index (χ3n) is 2.91. The van der Waals surface area contributed by atoms with Crippen LogP contribution in [0.5, 0.6) is 0 Å². The van der Waals surface area contributed by atoms with E-state index in [1.807, 2.05) is 6.92 Å². The van der Waals surface area contributed by atoms with Crippen LogP contribution in [0, 0.1) is 17.6 Å². The number of carbonyl (C=O) groups is 1. The molecule has 0 saturated carbocycles. The second kappa shape index (κ2) is 8.47. The highest BCUT2D eigenvalue weighted by Gasteiger charge is 2.10. The van der Waals surface area contributed by atoms with Crippen LogP contribution in [-0.2, 0) is 0 Å². The second-order valence-electron chi connectivity index (χ2n) is 4.66. The molecule has 0 fully saturated rings. The molecule has 0 bridgehead atoms. The summed E-state index contributed by atoms with van der Waals surface area (Å²) in [6.07, 6.45) is 2.47. The molecule has 0 heterocycles. The SMILES string of the molecule is CCCC(CCO)CNC(=O)Nc1cc(F)cc(F)c1. The average Bonchev–Trinajstić information content (AvgIpc) is 2.35. The lowest BCUT2D eigenvalue weighted by atomic mass is 10.0. The van der Waals surface area contributed by atoms with Crippen molar-refractivity contribution in [1.82, 2.24) is 5.32 Å². The summed E-state index contributed by atoms with van der Waals surface area (Å²) >= 11 is 0. The Bertz CT molecular complexity index is 415. The highest BCUT2D eigenvalue weighted by atomic mass is 19.1. The van der Waals surface area contributed by atoms with Crippen LogP contribution in [0.15, 0.2) is 18.2 Å². The van der Waals surface area contributed by atoms with Crippen molar-refractivity contribution in [3.8, 4) is 0 Å².